The number of aromatic nitrogens is 1. The smallest absolute Gasteiger partial charge is 0.124 e. The molecule has 0 saturated carbocycles. The van der Waals surface area contributed by atoms with Gasteiger partial charge < -0.3 is 14.4 Å². The summed E-state index contributed by atoms with van der Waals surface area (Å²) in [4.78, 5) is 5.24. The number of benzene rings is 7. The number of anilines is 3. The summed E-state index contributed by atoms with van der Waals surface area (Å²) >= 11 is 0. The fourth-order valence-electron chi connectivity index (χ4n) is 11.3. The van der Waals surface area contributed by atoms with Crippen molar-refractivity contribution in [2.45, 2.75) is 17.0 Å². The first-order valence-electron chi connectivity index (χ1n) is 17.4. The molecule has 0 radical (unpaired) electrons. The van der Waals surface area contributed by atoms with Crippen molar-refractivity contribution in [3.63, 3.8) is 0 Å². The maximum Gasteiger partial charge on any atom is 0.124 e. The summed E-state index contributed by atoms with van der Waals surface area (Å²) in [5.74, 6) is 0. The van der Waals surface area contributed by atoms with E-state index >= 15 is 0 Å². The Bertz CT molecular complexity index is 2790. The molecule has 2 unspecified atom stereocenters. The predicted octanol–water partition coefficient (Wildman–Crippen LogP) is 10.0. The van der Waals surface area contributed by atoms with Crippen LogP contribution in [0.25, 0.3) is 38.6 Å². The van der Waals surface area contributed by atoms with Crippen molar-refractivity contribution in [1.82, 2.24) is 4.57 Å². The lowest BCUT2D eigenvalue weighted by molar-refractivity contribution is 0.482. The third-order valence-electron chi connectivity index (χ3n) is 12.8. The first kappa shape index (κ1) is 25.0. The molecule has 3 heteroatoms. The Morgan fingerprint density at radius 3 is 1.86 bits per heavy atom. The average Bonchev–Trinajstić information content (AvgIpc) is 3.82. The maximum absolute atomic E-state index is 2.67. The predicted molar refractivity (Wildman–Crippen MR) is 199 cm³/mol. The Kier molecular flexibility index (Phi) is 4.07. The zero-order valence-electron chi connectivity index (χ0n) is 26.9. The van der Waals surface area contributed by atoms with Crippen molar-refractivity contribution in [3.05, 3.63) is 191 Å². The van der Waals surface area contributed by atoms with Gasteiger partial charge in [-0.25, -0.2) is 0 Å². The lowest BCUT2D eigenvalue weighted by Crippen LogP contribution is -2.55. The van der Waals surface area contributed by atoms with Crippen LogP contribution in [0.15, 0.2) is 152 Å². The van der Waals surface area contributed by atoms with E-state index in [1.807, 2.05) is 0 Å². The Hall–Kier alpha value is -6.06. The van der Waals surface area contributed by atoms with Gasteiger partial charge in [-0.15, -0.1) is 0 Å². The molecule has 3 nitrogen and oxygen atoms in total. The minimum absolute atomic E-state index is 0.0264. The normalized spacial score (nSPS) is 20.3. The summed E-state index contributed by atoms with van der Waals surface area (Å²) in [6.45, 7) is 0. The van der Waals surface area contributed by atoms with E-state index < -0.39 is 10.8 Å². The number of nitrogens with zero attached hydrogens (tertiary/aromatic N) is 3. The van der Waals surface area contributed by atoms with E-state index in [4.69, 9.17) is 0 Å². The topological polar surface area (TPSA) is 11.4 Å². The van der Waals surface area contributed by atoms with E-state index in [9.17, 15) is 0 Å². The van der Waals surface area contributed by atoms with Gasteiger partial charge >= 0.3 is 0 Å². The molecule has 49 heavy (non-hydrogen) atoms. The number of para-hydroxylation sites is 4. The first-order chi connectivity index (χ1) is 24.3. The Labute approximate surface area is 283 Å². The SMILES string of the molecule is CN1c2ccccc2N2c3cccc4c3C3(c5ccccc5-n5c6ccccc6c6cc(c3cc65)C43c4ccccc4-c4ccccc43)C12. The number of hydrogen-bond donors (Lipinski definition) is 0. The standard InChI is InChI=1S/C46H29N3/c1-47-39-22-10-11-23-40(39)49-41-24-12-19-34-43(41)46(44(47)49)33-18-7-9-21-38(33)48-37-20-8-4-15-29(37)30-25-35(36(46)26-42(30)48)45(34)31-16-5-2-13-27(31)28-14-3-6-17-32(28)45/h2-26,44H,1H3. The van der Waals surface area contributed by atoms with Crippen LogP contribution in [0.3, 0.4) is 0 Å². The van der Waals surface area contributed by atoms with Crippen molar-refractivity contribution < 1.29 is 0 Å². The monoisotopic (exact) mass is 623 g/mol. The van der Waals surface area contributed by atoms with Crippen molar-refractivity contribution in [2.75, 3.05) is 16.8 Å². The molecule has 5 aliphatic rings. The maximum atomic E-state index is 2.67. The lowest BCUT2D eigenvalue weighted by Gasteiger charge is -2.50. The summed E-state index contributed by atoms with van der Waals surface area (Å²) in [5, 5.41) is 2.62. The van der Waals surface area contributed by atoms with E-state index in [-0.39, 0.29) is 6.17 Å². The molecule has 13 rings (SSSR count). The molecule has 4 heterocycles. The van der Waals surface area contributed by atoms with Crippen LogP contribution in [0, 0.1) is 0 Å². The van der Waals surface area contributed by atoms with Gasteiger partial charge in [0.25, 0.3) is 0 Å². The number of likely N-dealkylation sites (N-methyl/N-ethyl adjacent to an activating group) is 1. The van der Waals surface area contributed by atoms with Crippen LogP contribution in [0.1, 0.15) is 38.9 Å². The van der Waals surface area contributed by atoms with Gasteiger partial charge in [-0.05, 0) is 92.5 Å². The molecule has 3 aliphatic heterocycles. The second-order valence-corrected chi connectivity index (χ2v) is 14.5. The molecular formula is C46H29N3. The second kappa shape index (κ2) is 7.97. The van der Waals surface area contributed by atoms with Crippen LogP contribution in [0.2, 0.25) is 0 Å². The van der Waals surface area contributed by atoms with Crippen molar-refractivity contribution in [2.24, 2.45) is 0 Å². The molecule has 0 fully saturated rings. The van der Waals surface area contributed by atoms with Gasteiger partial charge in [-0.1, -0.05) is 109 Å². The van der Waals surface area contributed by atoms with Crippen LogP contribution in [0.4, 0.5) is 17.1 Å². The number of fused-ring (bicyclic) bond motifs is 16. The molecule has 2 aliphatic carbocycles. The first-order valence-corrected chi connectivity index (χ1v) is 17.4. The number of hydrogen-bond acceptors (Lipinski definition) is 2. The van der Waals surface area contributed by atoms with E-state index in [0.717, 1.165) is 0 Å². The van der Waals surface area contributed by atoms with Crippen molar-refractivity contribution >= 4 is 38.9 Å². The Morgan fingerprint density at radius 1 is 0.449 bits per heavy atom. The quantitative estimate of drug-likeness (QED) is 0.167. The van der Waals surface area contributed by atoms with Gasteiger partial charge in [0.1, 0.15) is 6.17 Å². The highest BCUT2D eigenvalue weighted by Gasteiger charge is 2.67. The average molecular weight is 624 g/mol. The summed E-state index contributed by atoms with van der Waals surface area (Å²) in [6.07, 6.45) is 0.0264. The Balaban J connectivity index is 1.34. The van der Waals surface area contributed by atoms with Crippen LogP contribution in [-0.2, 0) is 10.8 Å². The van der Waals surface area contributed by atoms with E-state index in [0.29, 0.717) is 0 Å². The van der Waals surface area contributed by atoms with Gasteiger partial charge in [0, 0.05) is 23.5 Å². The lowest BCUT2D eigenvalue weighted by atomic mass is 9.52. The zero-order valence-corrected chi connectivity index (χ0v) is 26.9. The summed E-state index contributed by atoms with van der Waals surface area (Å²) in [5.41, 5.74) is 19.3. The van der Waals surface area contributed by atoms with Gasteiger partial charge in [0.05, 0.1) is 38.9 Å². The third kappa shape index (κ3) is 2.40. The molecule has 0 N–H and O–H groups in total. The van der Waals surface area contributed by atoms with Crippen LogP contribution < -0.4 is 9.80 Å². The molecule has 7 aromatic carbocycles. The molecule has 2 atom stereocenters. The highest BCUT2D eigenvalue weighted by Crippen LogP contribution is 2.71. The Morgan fingerprint density at radius 2 is 1.06 bits per heavy atom. The van der Waals surface area contributed by atoms with Crippen molar-refractivity contribution in [3.8, 4) is 16.8 Å². The van der Waals surface area contributed by atoms with Gasteiger partial charge in [-0.3, -0.25) is 0 Å². The van der Waals surface area contributed by atoms with Gasteiger partial charge in [0.2, 0.25) is 0 Å². The van der Waals surface area contributed by atoms with Gasteiger partial charge in [-0.2, -0.15) is 0 Å². The zero-order chi connectivity index (χ0) is 31.8. The fraction of sp³-hybridized carbons (Fsp3) is 0.0870. The minimum Gasteiger partial charge on any atom is -0.351 e. The molecule has 1 aromatic heterocycles. The number of rotatable bonds is 0. The van der Waals surface area contributed by atoms with E-state index in [1.54, 1.807) is 0 Å². The fourth-order valence-corrected chi connectivity index (χ4v) is 11.3. The molecule has 2 spiro atoms. The largest absolute Gasteiger partial charge is 0.351 e. The second-order valence-electron chi connectivity index (χ2n) is 14.5. The van der Waals surface area contributed by atoms with Gasteiger partial charge in [0.15, 0.2) is 0 Å². The molecule has 8 aromatic rings. The third-order valence-corrected chi connectivity index (χ3v) is 12.8. The highest BCUT2D eigenvalue weighted by molar-refractivity contribution is 6.12. The summed E-state index contributed by atoms with van der Waals surface area (Å²) in [7, 11) is 2.32. The molecule has 228 valence electrons. The summed E-state index contributed by atoms with van der Waals surface area (Å²) in [6, 6.07) is 58.1. The molecule has 0 saturated heterocycles. The molecule has 2 bridgehead atoms. The molecule has 0 amide bonds. The summed E-state index contributed by atoms with van der Waals surface area (Å²) < 4.78 is 2.56. The van der Waals surface area contributed by atoms with Crippen molar-refractivity contribution in [1.29, 1.82) is 0 Å². The van der Waals surface area contributed by atoms with Crippen LogP contribution >= 0.6 is 0 Å². The highest BCUT2D eigenvalue weighted by atomic mass is 15.4. The minimum atomic E-state index is -0.466. The van der Waals surface area contributed by atoms with E-state index in [1.165, 1.54) is 94.6 Å². The van der Waals surface area contributed by atoms with Crippen LogP contribution in [0.5, 0.6) is 0 Å². The molecular weight excluding hydrogens is 595 g/mol. The van der Waals surface area contributed by atoms with E-state index in [2.05, 4.69) is 173 Å². The van der Waals surface area contributed by atoms with Crippen LogP contribution in [-0.4, -0.2) is 17.8 Å².